The van der Waals surface area contributed by atoms with Crippen LogP contribution in [0.3, 0.4) is 0 Å². The van der Waals surface area contributed by atoms with Gasteiger partial charge in [0.05, 0.1) is 6.61 Å². The molecular weight excluding hydrogens is 286 g/mol. The third-order valence-electron chi connectivity index (χ3n) is 2.60. The highest BCUT2D eigenvalue weighted by Crippen LogP contribution is 2.25. The highest BCUT2D eigenvalue weighted by molar-refractivity contribution is 9.10. The first-order chi connectivity index (χ1) is 7.89. The van der Waals surface area contributed by atoms with Gasteiger partial charge in [0, 0.05) is 11.8 Å². The maximum atomic E-state index is 12.1. The molecule has 1 fully saturated rings. The molecule has 0 saturated carbocycles. The highest BCUT2D eigenvalue weighted by Gasteiger charge is 2.37. The van der Waals surface area contributed by atoms with E-state index in [1.165, 1.54) is 0 Å². The van der Waals surface area contributed by atoms with Crippen LogP contribution in [0.2, 0.25) is 0 Å². The fourth-order valence-electron chi connectivity index (χ4n) is 1.69. The van der Waals surface area contributed by atoms with E-state index < -0.39 is 11.9 Å². The Morgan fingerprint density at radius 3 is 2.82 bits per heavy atom. The third kappa shape index (κ3) is 2.73. The van der Waals surface area contributed by atoms with E-state index in [0.717, 1.165) is 10.2 Å². The van der Waals surface area contributed by atoms with E-state index in [1.54, 1.807) is 26.1 Å². The van der Waals surface area contributed by atoms with Gasteiger partial charge in [-0.25, -0.2) is 4.98 Å². The van der Waals surface area contributed by atoms with Crippen molar-refractivity contribution in [3.05, 3.63) is 28.0 Å². The van der Waals surface area contributed by atoms with Crippen molar-refractivity contribution in [3.8, 4) is 0 Å². The molecule has 1 atom stereocenters. The summed E-state index contributed by atoms with van der Waals surface area (Å²) in [4.78, 5) is 16.2. The van der Waals surface area contributed by atoms with Gasteiger partial charge in [-0.3, -0.25) is 4.79 Å². The van der Waals surface area contributed by atoms with Gasteiger partial charge in [-0.15, -0.1) is 0 Å². The van der Waals surface area contributed by atoms with Crippen molar-refractivity contribution in [1.29, 1.82) is 0 Å². The maximum Gasteiger partial charge on any atom is 0.195 e. The van der Waals surface area contributed by atoms with Crippen molar-refractivity contribution in [2.24, 2.45) is 0 Å². The van der Waals surface area contributed by atoms with Crippen molar-refractivity contribution in [1.82, 2.24) is 4.98 Å². The molecule has 0 radical (unpaired) electrons. The number of Topliss-reactive ketones (excluding diaryl/α,β-unsaturated/α-hetero) is 1. The number of ether oxygens (including phenoxy) is 2. The molecule has 1 saturated heterocycles. The number of halogens is 1. The van der Waals surface area contributed by atoms with Crippen LogP contribution in [0.15, 0.2) is 16.9 Å². The van der Waals surface area contributed by atoms with Crippen LogP contribution in [-0.2, 0) is 9.47 Å². The zero-order valence-corrected chi connectivity index (χ0v) is 11.6. The van der Waals surface area contributed by atoms with Gasteiger partial charge in [0.2, 0.25) is 0 Å². The van der Waals surface area contributed by atoms with E-state index >= 15 is 0 Å². The Balaban J connectivity index is 2.18. The third-order valence-corrected chi connectivity index (χ3v) is 3.43. The lowest BCUT2D eigenvalue weighted by Crippen LogP contribution is -2.27. The zero-order valence-electron chi connectivity index (χ0n) is 9.99. The van der Waals surface area contributed by atoms with Gasteiger partial charge in [-0.1, -0.05) is 0 Å². The second-order valence-corrected chi connectivity index (χ2v) is 5.26. The number of pyridine rings is 1. The molecule has 92 valence electrons. The predicted octanol–water partition coefficient (Wildman–Crippen LogP) is 2.49. The normalized spacial score (nSPS) is 22.7. The van der Waals surface area contributed by atoms with E-state index in [2.05, 4.69) is 20.9 Å². The number of hydrogen-bond donors (Lipinski definition) is 0. The summed E-state index contributed by atoms with van der Waals surface area (Å²) in [7, 11) is 0. The molecular formula is C12H14BrNO3. The molecule has 1 unspecified atom stereocenters. The van der Waals surface area contributed by atoms with Crippen molar-refractivity contribution in [3.63, 3.8) is 0 Å². The van der Waals surface area contributed by atoms with E-state index in [1.807, 2.05) is 6.92 Å². The Labute approximate surface area is 108 Å². The average Bonchev–Trinajstić information content (AvgIpc) is 2.62. The Morgan fingerprint density at radius 1 is 1.59 bits per heavy atom. The largest absolute Gasteiger partial charge is 0.347 e. The van der Waals surface area contributed by atoms with Gasteiger partial charge < -0.3 is 9.47 Å². The molecule has 1 aromatic heterocycles. The first kappa shape index (κ1) is 12.7. The second kappa shape index (κ2) is 4.48. The number of ketones is 1. The Kier molecular flexibility index (Phi) is 3.34. The first-order valence-electron chi connectivity index (χ1n) is 5.37. The van der Waals surface area contributed by atoms with Gasteiger partial charge in [0.1, 0.15) is 10.7 Å². The molecule has 0 amide bonds. The summed E-state index contributed by atoms with van der Waals surface area (Å²) in [5, 5.41) is 0. The summed E-state index contributed by atoms with van der Waals surface area (Å²) in [6.45, 7) is 5.78. The summed E-state index contributed by atoms with van der Waals surface area (Å²) in [5.74, 6) is -0.767. The molecule has 2 heterocycles. The van der Waals surface area contributed by atoms with Gasteiger partial charge >= 0.3 is 0 Å². The minimum absolute atomic E-state index is 0.0846. The van der Waals surface area contributed by atoms with E-state index in [-0.39, 0.29) is 5.78 Å². The fourth-order valence-corrected chi connectivity index (χ4v) is 1.91. The maximum absolute atomic E-state index is 12.1. The summed E-state index contributed by atoms with van der Waals surface area (Å²) >= 11 is 3.30. The molecule has 1 aliphatic heterocycles. The van der Waals surface area contributed by atoms with E-state index in [0.29, 0.717) is 12.2 Å². The lowest BCUT2D eigenvalue weighted by atomic mass is 10.1. The number of carbonyl (C=O) groups is 1. The summed E-state index contributed by atoms with van der Waals surface area (Å²) in [5.41, 5.74) is 1.48. The van der Waals surface area contributed by atoms with Crippen LogP contribution in [0.25, 0.3) is 0 Å². The molecule has 0 N–H and O–H groups in total. The van der Waals surface area contributed by atoms with Crippen LogP contribution >= 0.6 is 15.9 Å². The van der Waals surface area contributed by atoms with Crippen LogP contribution < -0.4 is 0 Å². The van der Waals surface area contributed by atoms with Crippen LogP contribution in [0, 0.1) is 6.92 Å². The van der Waals surface area contributed by atoms with Gasteiger partial charge in [-0.05, 0) is 48.3 Å². The lowest BCUT2D eigenvalue weighted by molar-refractivity contribution is -0.133. The topological polar surface area (TPSA) is 48.4 Å². The number of nitrogens with zero attached hydrogens (tertiary/aromatic N) is 1. The minimum Gasteiger partial charge on any atom is -0.347 e. The summed E-state index contributed by atoms with van der Waals surface area (Å²) in [6, 6.07) is 1.80. The Bertz CT molecular complexity index is 459. The number of carbonyl (C=O) groups excluding carboxylic acids is 1. The highest BCUT2D eigenvalue weighted by atomic mass is 79.9. The van der Waals surface area contributed by atoms with E-state index in [9.17, 15) is 4.79 Å². The lowest BCUT2D eigenvalue weighted by Gasteiger charge is -2.16. The molecule has 1 aliphatic rings. The molecule has 1 aromatic rings. The predicted molar refractivity (Wildman–Crippen MR) is 65.9 cm³/mol. The van der Waals surface area contributed by atoms with Crippen molar-refractivity contribution >= 4 is 21.7 Å². The standard InChI is InChI=1S/C12H14BrNO3/c1-7-4-8(5-14-11(7)13)10(15)9-6-16-12(2,3)17-9/h4-5,9H,6H2,1-3H3. The molecule has 0 aromatic carbocycles. The van der Waals surface area contributed by atoms with Crippen LogP contribution in [0.1, 0.15) is 29.8 Å². The van der Waals surface area contributed by atoms with Crippen molar-refractivity contribution in [2.75, 3.05) is 6.61 Å². The second-order valence-electron chi connectivity index (χ2n) is 4.51. The number of hydrogen-bond acceptors (Lipinski definition) is 4. The fraction of sp³-hybridized carbons (Fsp3) is 0.500. The van der Waals surface area contributed by atoms with Crippen LogP contribution in [0.4, 0.5) is 0 Å². The van der Waals surface area contributed by atoms with E-state index in [4.69, 9.17) is 9.47 Å². The average molecular weight is 300 g/mol. The summed E-state index contributed by atoms with van der Waals surface area (Å²) in [6.07, 6.45) is 1.01. The Morgan fingerprint density at radius 2 is 2.29 bits per heavy atom. The SMILES string of the molecule is Cc1cc(C(=O)C2COC(C)(C)O2)cnc1Br. The van der Waals surface area contributed by atoms with Gasteiger partial charge in [-0.2, -0.15) is 0 Å². The minimum atomic E-state index is -0.682. The Hall–Kier alpha value is -0.780. The van der Waals surface area contributed by atoms with Crippen LogP contribution in [-0.4, -0.2) is 29.3 Å². The summed E-state index contributed by atoms with van der Waals surface area (Å²) < 4.78 is 11.6. The van der Waals surface area contributed by atoms with Crippen molar-refractivity contribution in [2.45, 2.75) is 32.7 Å². The van der Waals surface area contributed by atoms with Crippen LogP contribution in [0.5, 0.6) is 0 Å². The van der Waals surface area contributed by atoms with Gasteiger partial charge in [0.25, 0.3) is 0 Å². The smallest absolute Gasteiger partial charge is 0.195 e. The monoisotopic (exact) mass is 299 g/mol. The quantitative estimate of drug-likeness (QED) is 0.622. The molecule has 0 spiro atoms. The molecule has 0 bridgehead atoms. The van der Waals surface area contributed by atoms with Crippen molar-refractivity contribution < 1.29 is 14.3 Å². The molecule has 4 nitrogen and oxygen atoms in total. The molecule has 5 heteroatoms. The first-order valence-corrected chi connectivity index (χ1v) is 6.16. The molecule has 17 heavy (non-hydrogen) atoms. The number of aryl methyl sites for hydroxylation is 1. The molecule has 0 aliphatic carbocycles. The number of aromatic nitrogens is 1. The molecule has 2 rings (SSSR count). The number of rotatable bonds is 2. The van der Waals surface area contributed by atoms with Gasteiger partial charge in [0.15, 0.2) is 11.6 Å². The zero-order chi connectivity index (χ0) is 12.6.